The van der Waals surface area contributed by atoms with Crippen LogP contribution in [-0.4, -0.2) is 4.57 Å². The predicted molar refractivity (Wildman–Crippen MR) is 112 cm³/mol. The number of aryl methyl sites for hydroxylation is 1. The van der Waals surface area contributed by atoms with Gasteiger partial charge in [0.05, 0.1) is 5.69 Å². The smallest absolute Gasteiger partial charge is 0.134 e. The summed E-state index contributed by atoms with van der Waals surface area (Å²) in [6.07, 6.45) is 16.1. The van der Waals surface area contributed by atoms with Gasteiger partial charge >= 0.3 is 0 Å². The van der Waals surface area contributed by atoms with Crippen LogP contribution in [0.15, 0.2) is 35.8 Å². The van der Waals surface area contributed by atoms with Crippen LogP contribution < -0.4 is 0 Å². The molecule has 2 aromatic rings. The highest BCUT2D eigenvalue weighted by atomic mass is 16.3. The summed E-state index contributed by atoms with van der Waals surface area (Å²) >= 11 is 0. The molecule has 0 amide bonds. The van der Waals surface area contributed by atoms with Crippen LogP contribution in [0.5, 0.6) is 0 Å². The molecular weight excluding hydrogens is 306 g/mol. The highest BCUT2D eigenvalue weighted by Crippen LogP contribution is 2.40. The molecule has 2 aromatic heterocycles. The van der Waals surface area contributed by atoms with Crippen LogP contribution >= 0.6 is 0 Å². The van der Waals surface area contributed by atoms with E-state index in [9.17, 15) is 0 Å². The lowest BCUT2D eigenvalue weighted by molar-refractivity contribution is 0.525. The van der Waals surface area contributed by atoms with E-state index in [2.05, 4.69) is 36.9 Å². The van der Waals surface area contributed by atoms with Crippen LogP contribution in [0.2, 0.25) is 0 Å². The van der Waals surface area contributed by atoms with E-state index in [0.717, 1.165) is 45.2 Å². The summed E-state index contributed by atoms with van der Waals surface area (Å²) in [5.41, 5.74) is 6.56. The van der Waals surface area contributed by atoms with Crippen LogP contribution in [0.1, 0.15) is 54.7 Å². The maximum Gasteiger partial charge on any atom is 0.134 e. The minimum atomic E-state index is 0.872. The van der Waals surface area contributed by atoms with Gasteiger partial charge in [0.25, 0.3) is 0 Å². The lowest BCUT2D eigenvalue weighted by Crippen LogP contribution is -1.96. The van der Waals surface area contributed by atoms with Crippen molar-refractivity contribution in [3.63, 3.8) is 0 Å². The van der Waals surface area contributed by atoms with E-state index in [1.807, 2.05) is 64.2 Å². The average Bonchev–Trinajstić information content (AvgIpc) is 3.03. The fourth-order valence-corrected chi connectivity index (χ4v) is 3.32. The van der Waals surface area contributed by atoms with Crippen molar-refractivity contribution >= 4 is 30.4 Å². The maximum absolute atomic E-state index is 6.06. The van der Waals surface area contributed by atoms with Crippen molar-refractivity contribution in [3.8, 4) is 11.3 Å². The van der Waals surface area contributed by atoms with Crippen molar-refractivity contribution < 1.29 is 4.42 Å². The van der Waals surface area contributed by atoms with Crippen molar-refractivity contribution in [1.29, 1.82) is 0 Å². The third-order valence-electron chi connectivity index (χ3n) is 4.29. The third-order valence-corrected chi connectivity index (χ3v) is 4.29. The molecule has 0 aromatic carbocycles. The second kappa shape index (κ2) is 7.89. The number of nitrogens with zero attached hydrogens (tertiary/aromatic N) is 1. The molecule has 0 atom stereocenters. The molecule has 2 rings (SSSR count). The molecular formula is C23H27NO. The van der Waals surface area contributed by atoms with Crippen LogP contribution in [0.3, 0.4) is 0 Å². The molecule has 130 valence electrons. The normalized spacial score (nSPS) is 12.0. The predicted octanol–water partition coefficient (Wildman–Crippen LogP) is 6.98. The van der Waals surface area contributed by atoms with E-state index in [1.54, 1.807) is 0 Å². The second-order valence-corrected chi connectivity index (χ2v) is 5.84. The van der Waals surface area contributed by atoms with E-state index in [0.29, 0.717) is 0 Å². The molecule has 0 aliphatic rings. The largest absolute Gasteiger partial charge is 0.461 e. The van der Waals surface area contributed by atoms with Gasteiger partial charge < -0.3 is 8.98 Å². The molecule has 0 bridgehead atoms. The summed E-state index contributed by atoms with van der Waals surface area (Å²) in [7, 11) is 2.08. The molecule has 0 N–H and O–H groups in total. The Kier molecular flexibility index (Phi) is 5.87. The lowest BCUT2D eigenvalue weighted by atomic mass is 9.99. The molecule has 2 nitrogen and oxygen atoms in total. The van der Waals surface area contributed by atoms with E-state index in [1.165, 1.54) is 0 Å². The molecule has 0 saturated carbocycles. The Morgan fingerprint density at radius 1 is 0.840 bits per heavy atom. The molecule has 0 aliphatic heterocycles. The van der Waals surface area contributed by atoms with Crippen LogP contribution in [0, 0.1) is 6.92 Å². The van der Waals surface area contributed by atoms with Crippen molar-refractivity contribution in [2.24, 2.45) is 7.05 Å². The molecule has 25 heavy (non-hydrogen) atoms. The van der Waals surface area contributed by atoms with Gasteiger partial charge in [-0.15, -0.1) is 0 Å². The van der Waals surface area contributed by atoms with Gasteiger partial charge in [-0.2, -0.15) is 0 Å². The Bertz CT molecular complexity index is 882. The number of furan rings is 1. The Morgan fingerprint density at radius 2 is 1.44 bits per heavy atom. The summed E-state index contributed by atoms with van der Waals surface area (Å²) in [4.78, 5) is 0. The summed E-state index contributed by atoms with van der Waals surface area (Å²) in [5.74, 6) is 1.77. The first-order valence-electron chi connectivity index (χ1n) is 8.54. The Morgan fingerprint density at radius 3 is 1.96 bits per heavy atom. The van der Waals surface area contributed by atoms with Crippen molar-refractivity contribution in [1.82, 2.24) is 4.57 Å². The first kappa shape index (κ1) is 18.6. The molecule has 0 fully saturated rings. The van der Waals surface area contributed by atoms with Crippen molar-refractivity contribution in [2.45, 2.75) is 27.7 Å². The molecule has 0 radical (unpaired) electrons. The van der Waals surface area contributed by atoms with Gasteiger partial charge in [0.1, 0.15) is 11.5 Å². The van der Waals surface area contributed by atoms with Gasteiger partial charge in [0.2, 0.25) is 0 Å². The summed E-state index contributed by atoms with van der Waals surface area (Å²) in [6.45, 7) is 16.1. The Balaban J connectivity index is 2.97. The monoisotopic (exact) mass is 333 g/mol. The minimum absolute atomic E-state index is 0.872. The van der Waals surface area contributed by atoms with Gasteiger partial charge in [-0.3, -0.25) is 0 Å². The first-order valence-corrected chi connectivity index (χ1v) is 8.54. The number of hydrogen-bond acceptors (Lipinski definition) is 1. The van der Waals surface area contributed by atoms with Crippen LogP contribution in [0.4, 0.5) is 0 Å². The molecule has 0 unspecified atom stereocenters. The molecule has 0 spiro atoms. The zero-order chi connectivity index (χ0) is 18.6. The molecule has 0 aliphatic carbocycles. The Hall–Kier alpha value is -2.74. The van der Waals surface area contributed by atoms with Crippen LogP contribution in [0.25, 0.3) is 41.6 Å². The van der Waals surface area contributed by atoms with Crippen molar-refractivity contribution in [2.75, 3.05) is 0 Å². The maximum atomic E-state index is 6.06. The summed E-state index contributed by atoms with van der Waals surface area (Å²) in [5, 5.41) is 0. The molecule has 2 heteroatoms. The highest BCUT2D eigenvalue weighted by molar-refractivity contribution is 5.89. The molecule has 2 heterocycles. The third kappa shape index (κ3) is 3.12. The lowest BCUT2D eigenvalue weighted by Gasteiger charge is -2.08. The van der Waals surface area contributed by atoms with E-state index in [4.69, 9.17) is 4.42 Å². The quantitative estimate of drug-likeness (QED) is 0.557. The Labute approximate surface area is 151 Å². The van der Waals surface area contributed by atoms with E-state index in [-0.39, 0.29) is 0 Å². The van der Waals surface area contributed by atoms with E-state index < -0.39 is 0 Å². The van der Waals surface area contributed by atoms with Crippen molar-refractivity contribution in [3.05, 3.63) is 65.3 Å². The van der Waals surface area contributed by atoms with Crippen LogP contribution in [-0.2, 0) is 7.05 Å². The highest BCUT2D eigenvalue weighted by Gasteiger charge is 2.24. The summed E-state index contributed by atoms with van der Waals surface area (Å²) in [6, 6.07) is 0. The van der Waals surface area contributed by atoms with Gasteiger partial charge in [-0.25, -0.2) is 0 Å². The van der Waals surface area contributed by atoms with E-state index >= 15 is 0 Å². The molecule has 0 saturated heterocycles. The zero-order valence-electron chi connectivity index (χ0n) is 15.9. The second-order valence-electron chi connectivity index (χ2n) is 5.84. The number of allylic oxidation sites excluding steroid dienone is 3. The average molecular weight is 333 g/mol. The fraction of sp³-hybridized carbons (Fsp3) is 0.217. The number of rotatable bonds is 6. The number of hydrogen-bond donors (Lipinski definition) is 0. The number of aromatic nitrogens is 1. The van der Waals surface area contributed by atoms with Gasteiger partial charge in [0.15, 0.2) is 0 Å². The zero-order valence-corrected chi connectivity index (χ0v) is 15.9. The summed E-state index contributed by atoms with van der Waals surface area (Å²) < 4.78 is 8.25. The van der Waals surface area contributed by atoms with Gasteiger partial charge in [-0.1, -0.05) is 49.6 Å². The van der Waals surface area contributed by atoms with Gasteiger partial charge in [0, 0.05) is 35.0 Å². The SMILES string of the molecule is C=Cc1c(C=C)c(-c2c(C)oc(/C=C\C)c2/C=C\C)n(C)c1/C=C\C. The standard InChI is InChI=1S/C23H27NO/c1-8-13-19-21(15-10-3)25-16(6)22(19)23-18(12-5)17(11-4)20(14-9-2)24(23)7/h8-15H,4-5H2,1-3,6-7H3/b13-8-,14-9-,15-10-. The fourth-order valence-electron chi connectivity index (χ4n) is 3.32. The van der Waals surface area contributed by atoms with Gasteiger partial charge in [-0.05, 0) is 39.8 Å². The minimum Gasteiger partial charge on any atom is -0.461 e. The topological polar surface area (TPSA) is 18.1 Å². The first-order chi connectivity index (χ1) is 12.0.